The second-order valence-electron chi connectivity index (χ2n) is 5.94. The zero-order valence-electron chi connectivity index (χ0n) is 14.2. The summed E-state index contributed by atoms with van der Waals surface area (Å²) < 4.78 is 41.1. The number of thiol groups is 1. The van der Waals surface area contributed by atoms with E-state index < -0.39 is 11.7 Å². The number of aromatic nitrogens is 3. The van der Waals surface area contributed by atoms with Crippen LogP contribution in [0.2, 0.25) is 0 Å². The van der Waals surface area contributed by atoms with Crippen LogP contribution >= 0.6 is 12.6 Å². The van der Waals surface area contributed by atoms with Gasteiger partial charge in [0, 0.05) is 16.1 Å². The molecule has 0 aliphatic heterocycles. The smallest absolute Gasteiger partial charge is 0.368 e. The SMILES string of the molecule is C=C(C)c1ccc(-c2c(S)cc(Nc3n[nH]c(N)n3)cc2C(F)(F)F)cc1. The molecule has 27 heavy (non-hydrogen) atoms. The van der Waals surface area contributed by atoms with E-state index in [-0.39, 0.29) is 28.0 Å². The normalized spacial score (nSPS) is 11.4. The molecule has 5 nitrogen and oxygen atoms in total. The first-order valence-corrected chi connectivity index (χ1v) is 8.25. The van der Waals surface area contributed by atoms with Gasteiger partial charge in [-0.1, -0.05) is 36.4 Å². The van der Waals surface area contributed by atoms with Gasteiger partial charge in [-0.05, 0) is 30.2 Å². The predicted molar refractivity (Wildman–Crippen MR) is 103 cm³/mol. The highest BCUT2D eigenvalue weighted by Crippen LogP contribution is 2.42. The van der Waals surface area contributed by atoms with Gasteiger partial charge in [-0.15, -0.1) is 17.7 Å². The van der Waals surface area contributed by atoms with Crippen LogP contribution in [-0.4, -0.2) is 15.2 Å². The minimum absolute atomic E-state index is 0.000787. The van der Waals surface area contributed by atoms with Gasteiger partial charge in [0.25, 0.3) is 0 Å². The van der Waals surface area contributed by atoms with Crippen LogP contribution in [0.15, 0.2) is 47.9 Å². The molecule has 2 aromatic carbocycles. The van der Waals surface area contributed by atoms with Gasteiger partial charge in [-0.3, -0.25) is 0 Å². The number of alkyl halides is 3. The van der Waals surface area contributed by atoms with Crippen LogP contribution < -0.4 is 11.1 Å². The molecule has 4 N–H and O–H groups in total. The van der Waals surface area contributed by atoms with Gasteiger partial charge in [0.1, 0.15) is 0 Å². The Bertz CT molecular complexity index is 993. The number of rotatable bonds is 4. The number of nitrogens with zero attached hydrogens (tertiary/aromatic N) is 2. The number of hydrogen-bond acceptors (Lipinski definition) is 5. The fourth-order valence-corrected chi connectivity index (χ4v) is 3.00. The van der Waals surface area contributed by atoms with E-state index in [4.69, 9.17) is 5.73 Å². The van der Waals surface area contributed by atoms with Crippen molar-refractivity contribution in [1.29, 1.82) is 0 Å². The maximum absolute atomic E-state index is 13.7. The maximum atomic E-state index is 13.7. The number of nitrogen functional groups attached to an aromatic ring is 1. The summed E-state index contributed by atoms with van der Waals surface area (Å²) in [5, 5.41) is 8.85. The summed E-state index contributed by atoms with van der Waals surface area (Å²) in [5.74, 6) is 0.112. The van der Waals surface area contributed by atoms with Crippen molar-refractivity contribution in [2.45, 2.75) is 18.0 Å². The Morgan fingerprint density at radius 1 is 1.22 bits per heavy atom. The number of aromatic amines is 1. The van der Waals surface area contributed by atoms with E-state index in [1.165, 1.54) is 6.07 Å². The number of halogens is 3. The van der Waals surface area contributed by atoms with Crippen molar-refractivity contribution in [3.05, 3.63) is 54.1 Å². The van der Waals surface area contributed by atoms with E-state index in [0.717, 1.165) is 17.2 Å². The third kappa shape index (κ3) is 4.08. The molecule has 3 rings (SSSR count). The van der Waals surface area contributed by atoms with Gasteiger partial charge in [0.05, 0.1) is 5.56 Å². The van der Waals surface area contributed by atoms with Crippen LogP contribution in [0.3, 0.4) is 0 Å². The van der Waals surface area contributed by atoms with Crippen molar-refractivity contribution in [2.75, 3.05) is 11.1 Å². The zero-order chi connectivity index (χ0) is 19.8. The van der Waals surface area contributed by atoms with E-state index in [1.807, 2.05) is 6.92 Å². The molecular weight excluding hydrogens is 375 g/mol. The summed E-state index contributed by atoms with van der Waals surface area (Å²) in [5.41, 5.74) is 6.85. The van der Waals surface area contributed by atoms with Crippen LogP contribution in [0.25, 0.3) is 16.7 Å². The summed E-state index contributed by atoms with van der Waals surface area (Å²) in [7, 11) is 0. The standard InChI is InChI=1S/C18H16F3N5S/c1-9(2)10-3-5-11(6-4-10)15-13(18(19,20)21)7-12(8-14(15)27)23-17-24-16(22)25-26-17/h3-8,27H,1H2,2H3,(H4,22,23,24,25,26). The second-order valence-corrected chi connectivity index (χ2v) is 6.42. The van der Waals surface area contributed by atoms with Crippen molar-refractivity contribution >= 4 is 35.8 Å². The Hall–Kier alpha value is -2.94. The van der Waals surface area contributed by atoms with E-state index in [2.05, 4.69) is 39.7 Å². The number of allylic oxidation sites excluding steroid dienone is 1. The van der Waals surface area contributed by atoms with Gasteiger partial charge in [0.2, 0.25) is 11.9 Å². The predicted octanol–water partition coefficient (Wildman–Crippen LogP) is 5.14. The number of hydrogen-bond donors (Lipinski definition) is 4. The molecule has 0 spiro atoms. The molecule has 0 aliphatic rings. The average Bonchev–Trinajstić information content (AvgIpc) is 2.98. The quantitative estimate of drug-likeness (QED) is 0.465. The number of anilines is 3. The third-order valence-electron chi connectivity index (χ3n) is 3.85. The van der Waals surface area contributed by atoms with E-state index in [1.54, 1.807) is 24.3 Å². The lowest BCUT2D eigenvalue weighted by atomic mass is 9.96. The van der Waals surface area contributed by atoms with Crippen molar-refractivity contribution in [3.63, 3.8) is 0 Å². The minimum Gasteiger partial charge on any atom is -0.368 e. The molecule has 1 aromatic heterocycles. The third-order valence-corrected chi connectivity index (χ3v) is 4.20. The highest BCUT2D eigenvalue weighted by Gasteiger charge is 2.35. The summed E-state index contributed by atoms with van der Waals surface area (Å²) in [6.45, 7) is 5.66. The molecule has 0 fully saturated rings. The lowest BCUT2D eigenvalue weighted by molar-refractivity contribution is -0.137. The van der Waals surface area contributed by atoms with Gasteiger partial charge in [0.15, 0.2) is 0 Å². The van der Waals surface area contributed by atoms with E-state index in [9.17, 15) is 13.2 Å². The summed E-state index contributed by atoms with van der Waals surface area (Å²) in [6.07, 6.45) is -4.57. The Balaban J connectivity index is 2.09. The molecule has 0 bridgehead atoms. The first kappa shape index (κ1) is 18.8. The maximum Gasteiger partial charge on any atom is 0.417 e. The Morgan fingerprint density at radius 2 is 1.89 bits per heavy atom. The summed E-state index contributed by atoms with van der Waals surface area (Å²) in [4.78, 5) is 3.99. The van der Waals surface area contributed by atoms with Crippen LogP contribution in [0.5, 0.6) is 0 Å². The number of benzene rings is 2. The van der Waals surface area contributed by atoms with Crippen molar-refractivity contribution < 1.29 is 13.2 Å². The van der Waals surface area contributed by atoms with Crippen LogP contribution in [0.4, 0.5) is 30.8 Å². The average molecular weight is 391 g/mol. The largest absolute Gasteiger partial charge is 0.417 e. The zero-order valence-corrected chi connectivity index (χ0v) is 15.1. The molecule has 0 atom stereocenters. The number of nitrogens with two attached hydrogens (primary N) is 1. The van der Waals surface area contributed by atoms with Crippen LogP contribution in [0, 0.1) is 0 Å². The number of nitrogens with one attached hydrogen (secondary N) is 2. The molecule has 0 unspecified atom stereocenters. The lowest BCUT2D eigenvalue weighted by Crippen LogP contribution is -2.09. The molecule has 0 radical (unpaired) electrons. The van der Waals surface area contributed by atoms with Gasteiger partial charge in [-0.2, -0.15) is 18.2 Å². The minimum atomic E-state index is -4.57. The Labute approximate surface area is 158 Å². The van der Waals surface area contributed by atoms with Gasteiger partial charge < -0.3 is 11.1 Å². The summed E-state index contributed by atoms with van der Waals surface area (Å²) >= 11 is 4.29. The summed E-state index contributed by atoms with van der Waals surface area (Å²) in [6, 6.07) is 9.18. The molecular formula is C18H16F3N5S. The van der Waals surface area contributed by atoms with Crippen LogP contribution in [0.1, 0.15) is 18.1 Å². The van der Waals surface area contributed by atoms with Gasteiger partial charge in [-0.25, -0.2) is 5.10 Å². The molecule has 0 amide bonds. The van der Waals surface area contributed by atoms with Crippen molar-refractivity contribution in [1.82, 2.24) is 15.2 Å². The van der Waals surface area contributed by atoms with Crippen LogP contribution in [-0.2, 0) is 6.18 Å². The molecule has 3 aromatic rings. The van der Waals surface area contributed by atoms with Crippen molar-refractivity contribution in [3.8, 4) is 11.1 Å². The highest BCUT2D eigenvalue weighted by molar-refractivity contribution is 7.80. The molecule has 0 saturated heterocycles. The molecule has 0 saturated carbocycles. The molecule has 0 aliphatic carbocycles. The van der Waals surface area contributed by atoms with E-state index >= 15 is 0 Å². The van der Waals surface area contributed by atoms with E-state index in [0.29, 0.717) is 5.56 Å². The first-order valence-electron chi connectivity index (χ1n) is 7.80. The number of H-pyrrole nitrogens is 1. The molecule has 9 heteroatoms. The highest BCUT2D eigenvalue weighted by atomic mass is 32.1. The fraction of sp³-hybridized carbons (Fsp3) is 0.111. The van der Waals surface area contributed by atoms with Crippen molar-refractivity contribution in [2.24, 2.45) is 0 Å². The Kier molecular flexibility index (Phi) is 4.88. The fourth-order valence-electron chi connectivity index (χ4n) is 2.61. The second kappa shape index (κ2) is 6.99. The Morgan fingerprint density at radius 3 is 2.41 bits per heavy atom. The molecule has 140 valence electrons. The lowest BCUT2D eigenvalue weighted by Gasteiger charge is -2.17. The molecule has 1 heterocycles. The first-order chi connectivity index (χ1) is 12.6. The monoisotopic (exact) mass is 391 g/mol. The topological polar surface area (TPSA) is 79.6 Å². The van der Waals surface area contributed by atoms with Gasteiger partial charge >= 0.3 is 6.18 Å².